The quantitative estimate of drug-likeness (QED) is 0.517. The molecule has 0 atom stereocenters. The fourth-order valence-corrected chi connectivity index (χ4v) is 2.51. The molecule has 0 radical (unpaired) electrons. The lowest BCUT2D eigenvalue weighted by atomic mass is 10.1. The lowest BCUT2D eigenvalue weighted by molar-refractivity contribution is -0.179. The first-order chi connectivity index (χ1) is 10.6. The molecule has 1 heterocycles. The Morgan fingerprint density at radius 2 is 2.14 bits per heavy atom. The first-order valence-electron chi connectivity index (χ1n) is 6.86. The Kier molecular flexibility index (Phi) is 6.77. The van der Waals surface area contributed by atoms with Gasteiger partial charge in [0.25, 0.3) is 0 Å². The van der Waals surface area contributed by atoms with E-state index in [1.54, 1.807) is 6.07 Å². The zero-order valence-corrected chi connectivity index (χ0v) is 13.9. The maximum atomic E-state index is 12.2. The van der Waals surface area contributed by atoms with E-state index in [0.29, 0.717) is 37.4 Å². The number of ether oxygens (including phenoxy) is 3. The molecule has 1 saturated heterocycles. The molecule has 1 aliphatic heterocycles. The maximum absolute atomic E-state index is 12.2. The van der Waals surface area contributed by atoms with Crippen molar-refractivity contribution in [2.24, 2.45) is 0 Å². The molecule has 122 valence electrons. The van der Waals surface area contributed by atoms with Crippen molar-refractivity contribution < 1.29 is 23.0 Å². The predicted molar refractivity (Wildman–Crippen MR) is 87.3 cm³/mol. The first kappa shape index (κ1) is 17.4. The molecule has 22 heavy (non-hydrogen) atoms. The second-order valence-corrected chi connectivity index (χ2v) is 5.72. The summed E-state index contributed by atoms with van der Waals surface area (Å²) < 4.78 is 40.0. The number of hydrogen-bond acceptors (Lipinski definition) is 5. The van der Waals surface area contributed by atoms with Crippen molar-refractivity contribution in [3.63, 3.8) is 0 Å². The summed E-state index contributed by atoms with van der Waals surface area (Å²) >= 11 is 1.83. The third-order valence-electron chi connectivity index (χ3n) is 3.04. The fourth-order valence-electron chi connectivity index (χ4n) is 2.06. The number of anilines is 1. The Bertz CT molecular complexity index is 511. The summed E-state index contributed by atoms with van der Waals surface area (Å²) in [6.07, 6.45) is 1.36. The summed E-state index contributed by atoms with van der Waals surface area (Å²) in [5.41, 5.74) is 1.21. The highest BCUT2D eigenvalue weighted by Crippen LogP contribution is 2.25. The smallest absolute Gasteiger partial charge is 0.387 e. The molecular weight excluding hydrogens is 409 g/mol. The SMILES string of the molecule is N=C(I)c1cc(OC(F)F)ccc1NCCC1OCCCO1. The Labute approximate surface area is 141 Å². The molecule has 0 unspecified atom stereocenters. The molecule has 1 aliphatic rings. The summed E-state index contributed by atoms with van der Waals surface area (Å²) in [7, 11) is 0. The monoisotopic (exact) mass is 426 g/mol. The molecule has 2 N–H and O–H groups in total. The lowest BCUT2D eigenvalue weighted by Crippen LogP contribution is -2.27. The van der Waals surface area contributed by atoms with Gasteiger partial charge in [-0.3, -0.25) is 5.41 Å². The topological polar surface area (TPSA) is 63.6 Å². The second kappa shape index (κ2) is 8.59. The number of rotatable bonds is 7. The zero-order valence-electron chi connectivity index (χ0n) is 11.8. The van der Waals surface area contributed by atoms with Gasteiger partial charge in [-0.2, -0.15) is 8.78 Å². The van der Waals surface area contributed by atoms with E-state index in [1.807, 2.05) is 22.6 Å². The van der Waals surface area contributed by atoms with Crippen LogP contribution < -0.4 is 10.1 Å². The van der Waals surface area contributed by atoms with E-state index in [2.05, 4.69) is 10.1 Å². The zero-order chi connectivity index (χ0) is 15.9. The van der Waals surface area contributed by atoms with E-state index in [9.17, 15) is 8.78 Å². The molecule has 1 fully saturated rings. The Morgan fingerprint density at radius 3 is 2.77 bits per heavy atom. The van der Waals surface area contributed by atoms with Gasteiger partial charge in [-0.05, 0) is 47.2 Å². The van der Waals surface area contributed by atoms with Crippen LogP contribution in [0.25, 0.3) is 0 Å². The largest absolute Gasteiger partial charge is 0.435 e. The van der Waals surface area contributed by atoms with E-state index >= 15 is 0 Å². The van der Waals surface area contributed by atoms with Crippen LogP contribution in [0.15, 0.2) is 18.2 Å². The van der Waals surface area contributed by atoms with Crippen LogP contribution in [0, 0.1) is 5.41 Å². The number of hydrogen-bond donors (Lipinski definition) is 2. The van der Waals surface area contributed by atoms with Gasteiger partial charge in [0.05, 0.1) is 13.2 Å². The van der Waals surface area contributed by atoms with Crippen LogP contribution in [-0.4, -0.2) is 36.4 Å². The highest BCUT2D eigenvalue weighted by Gasteiger charge is 2.15. The second-order valence-electron chi connectivity index (χ2n) is 4.64. The van der Waals surface area contributed by atoms with Crippen LogP contribution in [0.1, 0.15) is 18.4 Å². The van der Waals surface area contributed by atoms with Gasteiger partial charge < -0.3 is 19.5 Å². The van der Waals surface area contributed by atoms with Crippen LogP contribution in [0.2, 0.25) is 0 Å². The lowest BCUT2D eigenvalue weighted by Gasteiger charge is -2.23. The summed E-state index contributed by atoms with van der Waals surface area (Å²) in [6, 6.07) is 4.50. The highest BCUT2D eigenvalue weighted by molar-refractivity contribution is 14.1. The normalized spacial score (nSPS) is 15.8. The molecule has 5 nitrogen and oxygen atoms in total. The maximum Gasteiger partial charge on any atom is 0.387 e. The Morgan fingerprint density at radius 1 is 1.41 bits per heavy atom. The van der Waals surface area contributed by atoms with Crippen LogP contribution in [0.5, 0.6) is 5.75 Å². The van der Waals surface area contributed by atoms with E-state index in [-0.39, 0.29) is 15.8 Å². The summed E-state index contributed by atoms with van der Waals surface area (Å²) in [4.78, 5) is 0. The van der Waals surface area contributed by atoms with Gasteiger partial charge in [-0.1, -0.05) is 0 Å². The third-order valence-corrected chi connectivity index (χ3v) is 3.63. The Hall–Kier alpha value is -1.00. The van der Waals surface area contributed by atoms with Gasteiger partial charge in [0.2, 0.25) is 0 Å². The minimum Gasteiger partial charge on any atom is -0.435 e. The van der Waals surface area contributed by atoms with Crippen molar-refractivity contribution in [1.82, 2.24) is 0 Å². The van der Waals surface area contributed by atoms with Crippen LogP contribution in [0.4, 0.5) is 14.5 Å². The van der Waals surface area contributed by atoms with Crippen LogP contribution in [0.3, 0.4) is 0 Å². The van der Waals surface area contributed by atoms with E-state index < -0.39 is 6.61 Å². The van der Waals surface area contributed by atoms with E-state index in [1.165, 1.54) is 12.1 Å². The minimum absolute atomic E-state index is 0.0379. The van der Waals surface area contributed by atoms with Crippen molar-refractivity contribution in [3.8, 4) is 5.75 Å². The molecular formula is C14H17F2IN2O3. The van der Waals surface area contributed by atoms with Gasteiger partial charge in [0, 0.05) is 24.2 Å². The first-order valence-corrected chi connectivity index (χ1v) is 7.94. The van der Waals surface area contributed by atoms with Crippen molar-refractivity contribution in [2.75, 3.05) is 25.1 Å². The van der Waals surface area contributed by atoms with E-state index in [4.69, 9.17) is 14.9 Å². The molecule has 8 heteroatoms. The Balaban J connectivity index is 1.95. The number of nitrogens with one attached hydrogen (secondary N) is 2. The number of alkyl halides is 2. The average molecular weight is 426 g/mol. The third kappa shape index (κ3) is 5.33. The van der Waals surface area contributed by atoms with Gasteiger partial charge in [0.15, 0.2) is 6.29 Å². The van der Waals surface area contributed by atoms with Crippen molar-refractivity contribution >= 4 is 32.0 Å². The van der Waals surface area contributed by atoms with Crippen LogP contribution in [-0.2, 0) is 9.47 Å². The average Bonchev–Trinajstić information content (AvgIpc) is 2.49. The molecule has 1 aromatic rings. The molecule has 0 spiro atoms. The van der Waals surface area contributed by atoms with Crippen molar-refractivity contribution in [3.05, 3.63) is 23.8 Å². The molecule has 2 rings (SSSR count). The van der Waals surface area contributed by atoms with Gasteiger partial charge in [-0.25, -0.2) is 0 Å². The molecule has 0 bridgehead atoms. The molecule has 0 aliphatic carbocycles. The molecule has 0 amide bonds. The highest BCUT2D eigenvalue weighted by atomic mass is 127. The molecule has 0 aromatic heterocycles. The fraction of sp³-hybridized carbons (Fsp3) is 0.500. The minimum atomic E-state index is -2.88. The van der Waals surface area contributed by atoms with Crippen LogP contribution >= 0.6 is 22.6 Å². The molecule has 0 saturated carbocycles. The van der Waals surface area contributed by atoms with Crippen molar-refractivity contribution in [2.45, 2.75) is 25.7 Å². The number of benzene rings is 1. The van der Waals surface area contributed by atoms with Crippen molar-refractivity contribution in [1.29, 1.82) is 5.41 Å². The predicted octanol–water partition coefficient (Wildman–Crippen LogP) is 3.61. The van der Waals surface area contributed by atoms with Gasteiger partial charge in [-0.15, -0.1) is 0 Å². The number of halogens is 3. The molecule has 1 aromatic carbocycles. The standard InChI is InChI=1S/C14H17F2IN2O3/c15-14(16)22-9-2-3-11(10(8-9)13(17)18)19-5-4-12-20-6-1-7-21-12/h2-3,8,12,14,18-19H,1,4-7H2. The summed E-state index contributed by atoms with van der Waals surface area (Å²) in [6.45, 7) is -0.880. The summed E-state index contributed by atoms with van der Waals surface area (Å²) in [5, 5.41) is 10.9. The summed E-state index contributed by atoms with van der Waals surface area (Å²) in [5.74, 6) is 0.0379. The van der Waals surface area contributed by atoms with Gasteiger partial charge >= 0.3 is 6.61 Å². The van der Waals surface area contributed by atoms with E-state index in [0.717, 1.165) is 6.42 Å². The van der Waals surface area contributed by atoms with Gasteiger partial charge in [0.1, 0.15) is 9.47 Å².